The Labute approximate surface area is 248 Å². The molecule has 1 aliphatic heterocycles. The van der Waals surface area contributed by atoms with Crippen molar-refractivity contribution in [2.24, 2.45) is 0 Å². The monoisotopic (exact) mass is 621 g/mol. The Morgan fingerprint density at radius 2 is 2.00 bits per heavy atom. The predicted molar refractivity (Wildman–Crippen MR) is 155 cm³/mol. The quantitative estimate of drug-likeness (QED) is 0.199. The molecule has 1 aliphatic carbocycles. The van der Waals surface area contributed by atoms with Gasteiger partial charge in [0.05, 0.1) is 19.0 Å². The molecule has 234 valence electrons. The number of aliphatic hydroxyl groups excluding tert-OH is 1. The molecular weight excluding hydrogens is 584 g/mol. The van der Waals surface area contributed by atoms with E-state index < -0.39 is 56.6 Å². The molecule has 5 rings (SSSR count). The third kappa shape index (κ3) is 6.60. The first-order valence-electron chi connectivity index (χ1n) is 14.0. The van der Waals surface area contributed by atoms with E-state index >= 15 is 4.39 Å². The molecule has 4 N–H and O–H groups in total. The molecule has 2 aliphatic rings. The van der Waals surface area contributed by atoms with Crippen molar-refractivity contribution in [1.82, 2.24) is 24.6 Å². The van der Waals surface area contributed by atoms with Crippen molar-refractivity contribution in [3.63, 3.8) is 0 Å². The summed E-state index contributed by atoms with van der Waals surface area (Å²) in [6.45, 7) is 5.43. The van der Waals surface area contributed by atoms with Crippen molar-refractivity contribution in [2.45, 2.75) is 82.8 Å². The first-order valence-corrected chi connectivity index (χ1v) is 15.6. The topological polar surface area (TPSA) is 176 Å². The predicted octanol–water partition coefficient (Wildman–Crippen LogP) is 3.13. The average Bonchev–Trinajstić information content (AvgIpc) is 3.67. The molecule has 16 heteroatoms. The standard InChI is InChI=1S/C27H37FN7O7P/c1-15(2)40-24(37)16(3)33-43(38,42-18-9-7-6-8-10-18)39-13-19-21(36)27(4,28)25(41-19)35-14-30-20-22(34(5)17-11-12-17)31-26(29)32-23(20)35/h6-10,14-17,19,21,25,36H,11-13H2,1-5H3,(H,33,38)(H2,29,31,32)/t16-,19?,21+,25+,27+,43+/m0/s1. The molecule has 0 amide bonds. The lowest BCUT2D eigenvalue weighted by Gasteiger charge is -2.25. The first-order chi connectivity index (χ1) is 20.3. The summed E-state index contributed by atoms with van der Waals surface area (Å²) in [6, 6.07) is 7.39. The van der Waals surface area contributed by atoms with Crippen molar-refractivity contribution in [3.8, 4) is 5.75 Å². The number of hydrogen-bond donors (Lipinski definition) is 3. The van der Waals surface area contributed by atoms with E-state index in [-0.39, 0.29) is 17.3 Å². The number of ether oxygens (including phenoxy) is 2. The van der Waals surface area contributed by atoms with Crippen molar-refractivity contribution in [2.75, 3.05) is 24.3 Å². The number of imidazole rings is 1. The Bertz CT molecular complexity index is 1500. The van der Waals surface area contributed by atoms with E-state index in [1.165, 1.54) is 24.7 Å². The zero-order valence-corrected chi connectivity index (χ0v) is 25.5. The van der Waals surface area contributed by atoms with Crippen LogP contribution in [0, 0.1) is 0 Å². The maximum atomic E-state index is 16.2. The fourth-order valence-electron chi connectivity index (χ4n) is 4.83. The second-order valence-corrected chi connectivity index (χ2v) is 12.9. The summed E-state index contributed by atoms with van der Waals surface area (Å²) in [4.78, 5) is 27.4. The Kier molecular flexibility index (Phi) is 8.65. The molecule has 1 saturated carbocycles. The van der Waals surface area contributed by atoms with E-state index in [0.29, 0.717) is 17.4 Å². The van der Waals surface area contributed by atoms with E-state index in [9.17, 15) is 14.5 Å². The molecule has 3 heterocycles. The highest BCUT2D eigenvalue weighted by Crippen LogP contribution is 2.48. The van der Waals surface area contributed by atoms with E-state index in [4.69, 9.17) is 24.3 Å². The van der Waals surface area contributed by atoms with Crippen molar-refractivity contribution < 1.29 is 37.4 Å². The lowest BCUT2D eigenvalue weighted by Crippen LogP contribution is -2.41. The van der Waals surface area contributed by atoms with E-state index in [2.05, 4.69) is 20.0 Å². The third-order valence-corrected chi connectivity index (χ3v) is 8.90. The summed E-state index contributed by atoms with van der Waals surface area (Å²) in [7, 11) is -2.41. The van der Waals surface area contributed by atoms with Gasteiger partial charge in [0.1, 0.15) is 24.0 Å². The summed E-state index contributed by atoms with van der Waals surface area (Å²) >= 11 is 0. The molecule has 6 atom stereocenters. The van der Waals surface area contributed by atoms with Gasteiger partial charge in [0.25, 0.3) is 0 Å². The molecule has 1 saturated heterocycles. The molecule has 0 radical (unpaired) electrons. The summed E-state index contributed by atoms with van der Waals surface area (Å²) in [5.41, 5.74) is 4.29. The maximum Gasteiger partial charge on any atom is 0.459 e. The van der Waals surface area contributed by atoms with Crippen LogP contribution in [0.2, 0.25) is 0 Å². The minimum absolute atomic E-state index is 0.0223. The number of carbonyl (C=O) groups is 1. The fourth-order valence-corrected chi connectivity index (χ4v) is 6.33. The summed E-state index contributed by atoms with van der Waals surface area (Å²) in [5, 5.41) is 13.5. The number of carbonyl (C=O) groups excluding carboxylic acids is 1. The van der Waals surface area contributed by atoms with Gasteiger partial charge in [0, 0.05) is 13.1 Å². The Balaban J connectivity index is 1.37. The van der Waals surface area contributed by atoms with E-state index in [1.54, 1.807) is 44.2 Å². The Hall–Kier alpha value is -3.36. The molecule has 0 spiro atoms. The van der Waals surface area contributed by atoms with Gasteiger partial charge in [-0.1, -0.05) is 18.2 Å². The molecule has 14 nitrogen and oxygen atoms in total. The lowest BCUT2D eigenvalue weighted by atomic mass is 9.98. The van der Waals surface area contributed by atoms with Crippen LogP contribution in [0.15, 0.2) is 36.7 Å². The number of nitrogens with zero attached hydrogens (tertiary/aromatic N) is 5. The zero-order chi connectivity index (χ0) is 31.1. The van der Waals surface area contributed by atoms with Crippen molar-refractivity contribution in [3.05, 3.63) is 36.7 Å². The van der Waals surface area contributed by atoms with E-state index in [0.717, 1.165) is 12.8 Å². The molecule has 43 heavy (non-hydrogen) atoms. The number of para-hydroxylation sites is 1. The van der Waals surface area contributed by atoms with Gasteiger partial charge in [-0.3, -0.25) is 13.9 Å². The van der Waals surface area contributed by atoms with Crippen LogP contribution in [0.5, 0.6) is 5.75 Å². The van der Waals surface area contributed by atoms with Crippen LogP contribution in [0.4, 0.5) is 16.2 Å². The minimum atomic E-state index is -4.29. The number of nitrogen functional groups attached to an aromatic ring is 1. The van der Waals surface area contributed by atoms with Gasteiger partial charge in [0.15, 0.2) is 28.9 Å². The number of rotatable bonds is 12. The zero-order valence-electron chi connectivity index (χ0n) is 24.6. The lowest BCUT2D eigenvalue weighted by molar-refractivity contribution is -0.149. The number of nitrogens with two attached hydrogens (primary N) is 1. The highest BCUT2D eigenvalue weighted by Gasteiger charge is 2.56. The molecule has 1 unspecified atom stereocenters. The molecule has 2 aromatic heterocycles. The van der Waals surface area contributed by atoms with Crippen molar-refractivity contribution >= 4 is 36.6 Å². The van der Waals surface area contributed by atoms with Crippen LogP contribution in [0.3, 0.4) is 0 Å². The largest absolute Gasteiger partial charge is 0.462 e. The van der Waals surface area contributed by atoms with E-state index in [1.807, 2.05) is 11.9 Å². The number of hydrogen-bond acceptors (Lipinski definition) is 12. The second kappa shape index (κ2) is 12.0. The Morgan fingerprint density at radius 1 is 1.30 bits per heavy atom. The number of alkyl halides is 1. The van der Waals surface area contributed by atoms with Crippen LogP contribution in [-0.2, 0) is 23.4 Å². The van der Waals surface area contributed by atoms with Crippen molar-refractivity contribution in [1.29, 1.82) is 0 Å². The van der Waals surface area contributed by atoms with Crippen LogP contribution in [0.1, 0.15) is 46.8 Å². The van der Waals surface area contributed by atoms with Crippen LogP contribution in [-0.4, -0.2) is 80.3 Å². The SMILES string of the molecule is CC(C)OC(=O)[C@H](C)N[P@@](=O)(OCC1O[C@@H](n2cnc3c(N(C)C4CC4)nc(N)nc32)[C@](C)(F)[C@@H]1O)Oc1ccccc1. The molecule has 1 aromatic carbocycles. The smallest absolute Gasteiger partial charge is 0.459 e. The molecule has 3 aromatic rings. The molecule has 2 fully saturated rings. The summed E-state index contributed by atoms with van der Waals surface area (Å²) < 4.78 is 53.8. The summed E-state index contributed by atoms with van der Waals surface area (Å²) in [5.74, 6) is 0.00539. The van der Waals surface area contributed by atoms with Gasteiger partial charge in [-0.25, -0.2) is 13.9 Å². The number of aliphatic hydroxyl groups is 1. The van der Waals surface area contributed by atoms with Crippen LogP contribution >= 0.6 is 7.75 Å². The number of aromatic nitrogens is 4. The normalized spacial score (nSPS) is 25.9. The number of anilines is 2. The molecule has 0 bridgehead atoms. The number of halogens is 1. The van der Waals surface area contributed by atoms with Gasteiger partial charge >= 0.3 is 13.7 Å². The summed E-state index contributed by atoms with van der Waals surface area (Å²) in [6.07, 6.45) is -1.43. The highest BCUT2D eigenvalue weighted by molar-refractivity contribution is 7.52. The number of benzene rings is 1. The second-order valence-electron chi connectivity index (χ2n) is 11.2. The number of fused-ring (bicyclic) bond motifs is 1. The average molecular weight is 622 g/mol. The fraction of sp³-hybridized carbons (Fsp3) is 0.556. The van der Waals surface area contributed by atoms with Gasteiger partial charge in [-0.05, 0) is 52.7 Å². The van der Waals surface area contributed by atoms with Crippen LogP contribution in [0.25, 0.3) is 11.2 Å². The third-order valence-electron chi connectivity index (χ3n) is 7.25. The number of esters is 1. The van der Waals surface area contributed by atoms with Crippen LogP contribution < -0.4 is 20.2 Å². The Morgan fingerprint density at radius 3 is 2.65 bits per heavy atom. The maximum absolute atomic E-state index is 16.2. The highest BCUT2D eigenvalue weighted by atomic mass is 31.2. The number of nitrogens with one attached hydrogen (secondary N) is 1. The first kappa shape index (κ1) is 31.1. The van der Waals surface area contributed by atoms with Gasteiger partial charge < -0.3 is 29.7 Å². The van der Waals surface area contributed by atoms with Gasteiger partial charge in [-0.2, -0.15) is 15.1 Å². The van der Waals surface area contributed by atoms with Gasteiger partial charge in [-0.15, -0.1) is 0 Å². The van der Waals surface area contributed by atoms with Gasteiger partial charge in [0.2, 0.25) is 5.95 Å². The molecular formula is C27H37FN7O7P. The minimum Gasteiger partial charge on any atom is -0.462 e.